The van der Waals surface area contributed by atoms with Gasteiger partial charge in [0.15, 0.2) is 5.96 Å². The van der Waals surface area contributed by atoms with E-state index in [0.29, 0.717) is 18.6 Å². The standard InChI is InChI=1S/C27H36N6/c1-20-18-21(2)33(31-20)26-13-9-8-12-24(26)19-29-27(28-4)30-25-14-16-32(17-15-25)22(3)23-10-6-5-7-11-23/h5-13,18,22,25H,14-17,19H2,1-4H3,(H2,28,29,30). The molecule has 1 aromatic heterocycles. The van der Waals surface area contributed by atoms with Crippen molar-refractivity contribution >= 4 is 5.96 Å². The number of aromatic nitrogens is 2. The molecule has 1 aliphatic heterocycles. The van der Waals surface area contributed by atoms with Gasteiger partial charge in [-0.25, -0.2) is 4.68 Å². The van der Waals surface area contributed by atoms with E-state index in [-0.39, 0.29) is 0 Å². The van der Waals surface area contributed by atoms with Crippen molar-refractivity contribution in [3.8, 4) is 5.69 Å². The minimum absolute atomic E-state index is 0.432. The van der Waals surface area contributed by atoms with E-state index in [1.807, 2.05) is 18.7 Å². The first kappa shape index (κ1) is 23.1. The highest BCUT2D eigenvalue weighted by atomic mass is 15.3. The summed E-state index contributed by atoms with van der Waals surface area (Å²) in [5, 5.41) is 11.8. The number of nitrogens with zero attached hydrogens (tertiary/aromatic N) is 4. The first-order valence-corrected chi connectivity index (χ1v) is 11.9. The molecule has 3 aromatic rings. The van der Waals surface area contributed by atoms with Gasteiger partial charge < -0.3 is 10.6 Å². The average molecular weight is 445 g/mol. The van der Waals surface area contributed by atoms with Gasteiger partial charge in [0.2, 0.25) is 0 Å². The normalized spacial score (nSPS) is 16.5. The molecule has 0 saturated carbocycles. The Bertz CT molecular complexity index is 1060. The van der Waals surface area contributed by atoms with Crippen LogP contribution in [0.4, 0.5) is 0 Å². The number of guanidine groups is 1. The summed E-state index contributed by atoms with van der Waals surface area (Å²) in [6.07, 6.45) is 2.22. The molecule has 2 heterocycles. The highest BCUT2D eigenvalue weighted by Crippen LogP contribution is 2.24. The lowest BCUT2D eigenvalue weighted by Gasteiger charge is -2.37. The highest BCUT2D eigenvalue weighted by Gasteiger charge is 2.24. The quantitative estimate of drug-likeness (QED) is 0.438. The van der Waals surface area contributed by atoms with Crippen molar-refractivity contribution in [3.05, 3.63) is 83.2 Å². The Morgan fingerprint density at radius 1 is 1.06 bits per heavy atom. The number of hydrogen-bond acceptors (Lipinski definition) is 3. The van der Waals surface area contributed by atoms with Crippen LogP contribution in [-0.4, -0.2) is 46.8 Å². The lowest BCUT2D eigenvalue weighted by atomic mass is 10.0. The zero-order valence-corrected chi connectivity index (χ0v) is 20.3. The summed E-state index contributed by atoms with van der Waals surface area (Å²) in [6, 6.07) is 22.2. The van der Waals surface area contributed by atoms with E-state index in [1.54, 1.807) is 0 Å². The molecule has 2 N–H and O–H groups in total. The van der Waals surface area contributed by atoms with E-state index >= 15 is 0 Å². The van der Waals surface area contributed by atoms with E-state index in [2.05, 4.69) is 100 Å². The smallest absolute Gasteiger partial charge is 0.191 e. The molecule has 0 aliphatic carbocycles. The number of rotatable bonds is 6. The fourth-order valence-electron chi connectivity index (χ4n) is 4.68. The molecule has 4 rings (SSSR count). The molecule has 0 radical (unpaired) electrons. The van der Waals surface area contributed by atoms with Crippen LogP contribution in [-0.2, 0) is 6.54 Å². The molecular weight excluding hydrogens is 408 g/mol. The first-order chi connectivity index (χ1) is 16.0. The summed E-state index contributed by atoms with van der Waals surface area (Å²) in [5.41, 5.74) is 5.86. The zero-order valence-electron chi connectivity index (χ0n) is 20.3. The van der Waals surface area contributed by atoms with Crippen LogP contribution >= 0.6 is 0 Å². The summed E-state index contributed by atoms with van der Waals surface area (Å²) in [5.74, 6) is 0.854. The van der Waals surface area contributed by atoms with Gasteiger partial charge >= 0.3 is 0 Å². The van der Waals surface area contributed by atoms with E-state index in [9.17, 15) is 0 Å². The molecule has 0 bridgehead atoms. The Labute approximate surface area is 197 Å². The van der Waals surface area contributed by atoms with Gasteiger partial charge in [0.05, 0.1) is 11.4 Å². The molecule has 1 atom stereocenters. The van der Waals surface area contributed by atoms with E-state index in [1.165, 1.54) is 11.1 Å². The number of para-hydroxylation sites is 1. The van der Waals surface area contributed by atoms with Crippen molar-refractivity contribution in [2.75, 3.05) is 20.1 Å². The second-order valence-electron chi connectivity index (χ2n) is 8.93. The number of aryl methyl sites for hydroxylation is 2. The lowest BCUT2D eigenvalue weighted by Crippen LogP contribution is -2.48. The van der Waals surface area contributed by atoms with Crippen molar-refractivity contribution in [2.24, 2.45) is 4.99 Å². The first-order valence-electron chi connectivity index (χ1n) is 11.9. The fourth-order valence-corrected chi connectivity index (χ4v) is 4.68. The third kappa shape index (κ3) is 5.63. The average Bonchev–Trinajstić information content (AvgIpc) is 3.20. The van der Waals surface area contributed by atoms with Gasteiger partial charge in [0.25, 0.3) is 0 Å². The Hall–Kier alpha value is -3.12. The predicted octanol–water partition coefficient (Wildman–Crippen LogP) is 4.38. The van der Waals surface area contributed by atoms with Gasteiger partial charge in [0, 0.05) is 44.5 Å². The minimum atomic E-state index is 0.432. The van der Waals surface area contributed by atoms with Crippen molar-refractivity contribution in [1.29, 1.82) is 0 Å². The molecule has 2 aromatic carbocycles. The Morgan fingerprint density at radius 3 is 2.42 bits per heavy atom. The predicted molar refractivity (Wildman–Crippen MR) is 136 cm³/mol. The van der Waals surface area contributed by atoms with E-state index in [4.69, 9.17) is 0 Å². The molecule has 1 saturated heterocycles. The topological polar surface area (TPSA) is 57.5 Å². The third-order valence-electron chi connectivity index (χ3n) is 6.60. The minimum Gasteiger partial charge on any atom is -0.354 e. The largest absolute Gasteiger partial charge is 0.354 e. The number of likely N-dealkylation sites (tertiary alicyclic amines) is 1. The molecule has 0 spiro atoms. The number of hydrogen-bond donors (Lipinski definition) is 2. The Morgan fingerprint density at radius 2 is 1.76 bits per heavy atom. The van der Waals surface area contributed by atoms with Crippen molar-refractivity contribution in [2.45, 2.75) is 52.2 Å². The van der Waals surface area contributed by atoms with Crippen molar-refractivity contribution in [1.82, 2.24) is 25.3 Å². The molecule has 1 aliphatic rings. The van der Waals surface area contributed by atoms with Crippen LogP contribution < -0.4 is 10.6 Å². The second-order valence-corrected chi connectivity index (χ2v) is 8.93. The maximum Gasteiger partial charge on any atom is 0.191 e. The van der Waals surface area contributed by atoms with Crippen LogP contribution in [0, 0.1) is 13.8 Å². The monoisotopic (exact) mass is 444 g/mol. The lowest BCUT2D eigenvalue weighted by molar-refractivity contribution is 0.158. The molecule has 1 fully saturated rings. The SMILES string of the molecule is CN=C(NCc1ccccc1-n1nc(C)cc1C)NC1CCN(C(C)c2ccccc2)CC1. The number of aliphatic imine (C=N–C) groups is 1. The van der Waals surface area contributed by atoms with Crippen LogP contribution in [0.15, 0.2) is 65.7 Å². The summed E-state index contributed by atoms with van der Waals surface area (Å²) in [7, 11) is 1.84. The number of benzene rings is 2. The molecule has 6 nitrogen and oxygen atoms in total. The van der Waals surface area contributed by atoms with Crippen LogP contribution in [0.2, 0.25) is 0 Å². The zero-order chi connectivity index (χ0) is 23.2. The summed E-state index contributed by atoms with van der Waals surface area (Å²) < 4.78 is 2.02. The maximum absolute atomic E-state index is 4.66. The molecular formula is C27H36N6. The number of nitrogens with one attached hydrogen (secondary N) is 2. The molecule has 0 amide bonds. The second kappa shape index (κ2) is 10.7. The van der Waals surface area contributed by atoms with Gasteiger partial charge in [-0.05, 0) is 56.9 Å². The van der Waals surface area contributed by atoms with Crippen LogP contribution in [0.3, 0.4) is 0 Å². The molecule has 1 unspecified atom stereocenters. The molecule has 33 heavy (non-hydrogen) atoms. The van der Waals surface area contributed by atoms with Crippen LogP contribution in [0.1, 0.15) is 48.3 Å². The summed E-state index contributed by atoms with van der Waals surface area (Å²) in [6.45, 7) is 9.30. The van der Waals surface area contributed by atoms with E-state index in [0.717, 1.165) is 49.0 Å². The number of piperidine rings is 1. The molecule has 174 valence electrons. The van der Waals surface area contributed by atoms with Gasteiger partial charge in [-0.2, -0.15) is 5.10 Å². The van der Waals surface area contributed by atoms with Gasteiger partial charge in [0.1, 0.15) is 0 Å². The molecule has 6 heteroatoms. The highest BCUT2D eigenvalue weighted by molar-refractivity contribution is 5.80. The van der Waals surface area contributed by atoms with Crippen molar-refractivity contribution < 1.29 is 0 Å². The van der Waals surface area contributed by atoms with Crippen LogP contribution in [0.5, 0.6) is 0 Å². The van der Waals surface area contributed by atoms with Gasteiger partial charge in [-0.3, -0.25) is 9.89 Å². The van der Waals surface area contributed by atoms with Crippen LogP contribution in [0.25, 0.3) is 5.69 Å². The van der Waals surface area contributed by atoms with Gasteiger partial charge in [-0.15, -0.1) is 0 Å². The van der Waals surface area contributed by atoms with Crippen molar-refractivity contribution in [3.63, 3.8) is 0 Å². The third-order valence-corrected chi connectivity index (χ3v) is 6.60. The Kier molecular flexibility index (Phi) is 7.45. The Balaban J connectivity index is 1.32. The van der Waals surface area contributed by atoms with E-state index < -0.39 is 0 Å². The maximum atomic E-state index is 4.66. The van der Waals surface area contributed by atoms with Gasteiger partial charge in [-0.1, -0.05) is 48.5 Å². The summed E-state index contributed by atoms with van der Waals surface area (Å²) >= 11 is 0. The summed E-state index contributed by atoms with van der Waals surface area (Å²) in [4.78, 5) is 7.06. The fraction of sp³-hybridized carbons (Fsp3) is 0.407.